The first-order chi connectivity index (χ1) is 9.74. The third kappa shape index (κ3) is 2.52. The maximum absolute atomic E-state index is 12.8. The summed E-state index contributed by atoms with van der Waals surface area (Å²) in [5.74, 6) is 5.79. The molecule has 0 unspecified atom stereocenters. The number of H-pyrrole nitrogens is 1. The second kappa shape index (κ2) is 5.36. The highest BCUT2D eigenvalue weighted by molar-refractivity contribution is 6.36. The van der Waals surface area contributed by atoms with Crippen LogP contribution < -0.4 is 0 Å². The van der Waals surface area contributed by atoms with Gasteiger partial charge >= 0.3 is 0 Å². The molecule has 0 atom stereocenters. The Kier molecular flexibility index (Phi) is 3.41. The number of nitrogens with zero attached hydrogens (tertiary/aromatic N) is 1. The quantitative estimate of drug-likeness (QED) is 0.674. The zero-order valence-electron chi connectivity index (χ0n) is 10.5. The Bertz CT molecular complexity index is 810. The van der Waals surface area contributed by atoms with Crippen molar-refractivity contribution in [2.24, 2.45) is 0 Å². The minimum Gasteiger partial charge on any atom is -0.346 e. The van der Waals surface area contributed by atoms with Gasteiger partial charge in [-0.05, 0) is 23.8 Å². The Morgan fingerprint density at radius 3 is 2.80 bits per heavy atom. The highest BCUT2D eigenvalue weighted by atomic mass is 35.5. The van der Waals surface area contributed by atoms with Crippen molar-refractivity contribution in [3.8, 4) is 11.8 Å². The smallest absolute Gasteiger partial charge is 0.138 e. The molecule has 0 radical (unpaired) electrons. The molecule has 2 heterocycles. The SMILES string of the molecule is Fc1ccc(CC#Cc2cnc3[nH]ccc3c2Cl)cc1. The van der Waals surface area contributed by atoms with E-state index in [0.717, 1.165) is 16.6 Å². The van der Waals surface area contributed by atoms with Gasteiger partial charge in [0.2, 0.25) is 0 Å². The van der Waals surface area contributed by atoms with E-state index in [9.17, 15) is 4.39 Å². The maximum atomic E-state index is 12.8. The molecule has 4 heteroatoms. The van der Waals surface area contributed by atoms with Gasteiger partial charge in [0, 0.05) is 24.2 Å². The third-order valence-electron chi connectivity index (χ3n) is 2.95. The molecule has 0 amide bonds. The highest BCUT2D eigenvalue weighted by Crippen LogP contribution is 2.24. The second-order valence-corrected chi connectivity index (χ2v) is 4.71. The molecule has 2 nitrogen and oxygen atoms in total. The first-order valence-electron chi connectivity index (χ1n) is 6.09. The van der Waals surface area contributed by atoms with Crippen LogP contribution in [0.2, 0.25) is 5.02 Å². The van der Waals surface area contributed by atoms with Crippen molar-refractivity contribution in [1.82, 2.24) is 9.97 Å². The third-order valence-corrected chi connectivity index (χ3v) is 3.36. The number of aromatic nitrogens is 2. The normalized spacial score (nSPS) is 10.3. The fourth-order valence-corrected chi connectivity index (χ4v) is 2.15. The molecular weight excluding hydrogens is 275 g/mol. The number of aromatic amines is 1. The summed E-state index contributed by atoms with van der Waals surface area (Å²) in [5.41, 5.74) is 2.41. The van der Waals surface area contributed by atoms with Crippen LogP contribution in [0.5, 0.6) is 0 Å². The molecule has 2 aromatic heterocycles. The molecule has 0 saturated carbocycles. The number of nitrogens with one attached hydrogen (secondary N) is 1. The summed E-state index contributed by atoms with van der Waals surface area (Å²) in [4.78, 5) is 7.24. The van der Waals surface area contributed by atoms with Crippen molar-refractivity contribution in [2.45, 2.75) is 6.42 Å². The van der Waals surface area contributed by atoms with Gasteiger partial charge in [-0.25, -0.2) is 9.37 Å². The Balaban J connectivity index is 1.84. The first kappa shape index (κ1) is 12.7. The number of pyridine rings is 1. The van der Waals surface area contributed by atoms with Crippen LogP contribution in [-0.2, 0) is 6.42 Å². The van der Waals surface area contributed by atoms with Crippen molar-refractivity contribution in [3.05, 3.63) is 64.7 Å². The van der Waals surface area contributed by atoms with Crippen LogP contribution in [0.15, 0.2) is 42.7 Å². The van der Waals surface area contributed by atoms with Crippen molar-refractivity contribution in [1.29, 1.82) is 0 Å². The van der Waals surface area contributed by atoms with Crippen molar-refractivity contribution in [3.63, 3.8) is 0 Å². The van der Waals surface area contributed by atoms with Gasteiger partial charge in [0.1, 0.15) is 11.5 Å². The van der Waals surface area contributed by atoms with Crippen molar-refractivity contribution < 1.29 is 4.39 Å². The minimum atomic E-state index is -0.244. The van der Waals surface area contributed by atoms with Gasteiger partial charge < -0.3 is 4.98 Å². The van der Waals surface area contributed by atoms with Crippen LogP contribution in [-0.4, -0.2) is 9.97 Å². The van der Waals surface area contributed by atoms with E-state index >= 15 is 0 Å². The molecule has 1 aromatic carbocycles. The molecule has 0 aliphatic carbocycles. The maximum Gasteiger partial charge on any atom is 0.138 e. The predicted molar refractivity (Wildman–Crippen MR) is 78.1 cm³/mol. The number of hydrogen-bond acceptors (Lipinski definition) is 1. The van der Waals surface area contributed by atoms with Crippen LogP contribution in [0, 0.1) is 17.7 Å². The molecule has 0 aliphatic heterocycles. The molecule has 0 aliphatic rings. The largest absolute Gasteiger partial charge is 0.346 e. The van der Waals surface area contributed by atoms with Gasteiger partial charge in [-0.15, -0.1) is 0 Å². The summed E-state index contributed by atoms with van der Waals surface area (Å²) in [7, 11) is 0. The number of benzene rings is 1. The molecule has 1 N–H and O–H groups in total. The van der Waals surface area contributed by atoms with Crippen LogP contribution >= 0.6 is 11.6 Å². The Morgan fingerprint density at radius 1 is 1.20 bits per heavy atom. The number of hydrogen-bond donors (Lipinski definition) is 1. The lowest BCUT2D eigenvalue weighted by Crippen LogP contribution is -1.85. The van der Waals surface area contributed by atoms with Gasteiger partial charge in [0.05, 0.1) is 10.6 Å². The summed E-state index contributed by atoms with van der Waals surface area (Å²) in [5, 5.41) is 1.46. The van der Waals surface area contributed by atoms with Gasteiger partial charge in [-0.2, -0.15) is 0 Å². The molecule has 98 valence electrons. The summed E-state index contributed by atoms with van der Waals surface area (Å²) in [6.07, 6.45) is 3.99. The average Bonchev–Trinajstić information content (AvgIpc) is 2.93. The summed E-state index contributed by atoms with van der Waals surface area (Å²) in [6, 6.07) is 8.17. The fourth-order valence-electron chi connectivity index (χ4n) is 1.91. The van der Waals surface area contributed by atoms with E-state index in [0.29, 0.717) is 17.0 Å². The van der Waals surface area contributed by atoms with Gasteiger partial charge in [0.25, 0.3) is 0 Å². The van der Waals surface area contributed by atoms with Gasteiger partial charge in [0.15, 0.2) is 0 Å². The Labute approximate surface area is 120 Å². The topological polar surface area (TPSA) is 28.7 Å². The summed E-state index contributed by atoms with van der Waals surface area (Å²) in [6.45, 7) is 0. The Morgan fingerprint density at radius 2 is 2.00 bits per heavy atom. The fraction of sp³-hybridized carbons (Fsp3) is 0.0625. The molecule has 3 aromatic rings. The van der Waals surface area contributed by atoms with Crippen molar-refractivity contribution >= 4 is 22.6 Å². The van der Waals surface area contributed by atoms with Gasteiger partial charge in [-0.3, -0.25) is 0 Å². The minimum absolute atomic E-state index is 0.244. The second-order valence-electron chi connectivity index (χ2n) is 4.33. The van der Waals surface area contributed by atoms with E-state index in [1.807, 2.05) is 6.07 Å². The lowest BCUT2D eigenvalue weighted by atomic mass is 10.1. The monoisotopic (exact) mass is 284 g/mol. The number of fused-ring (bicyclic) bond motifs is 1. The molecule has 0 fully saturated rings. The lowest BCUT2D eigenvalue weighted by molar-refractivity contribution is 0.627. The number of halogens is 2. The van der Waals surface area contributed by atoms with E-state index < -0.39 is 0 Å². The van der Waals surface area contributed by atoms with E-state index in [1.165, 1.54) is 12.1 Å². The lowest BCUT2D eigenvalue weighted by Gasteiger charge is -1.97. The zero-order valence-corrected chi connectivity index (χ0v) is 11.2. The molecule has 0 saturated heterocycles. The molecule has 0 bridgehead atoms. The predicted octanol–water partition coefficient (Wildman–Crippen LogP) is 3.95. The summed E-state index contributed by atoms with van der Waals surface area (Å²) < 4.78 is 12.8. The van der Waals surface area contributed by atoms with E-state index in [2.05, 4.69) is 21.8 Å². The average molecular weight is 285 g/mol. The Hall–Kier alpha value is -2.31. The first-order valence-corrected chi connectivity index (χ1v) is 6.47. The van der Waals surface area contributed by atoms with Gasteiger partial charge in [-0.1, -0.05) is 35.6 Å². The van der Waals surface area contributed by atoms with Crippen LogP contribution in [0.1, 0.15) is 11.1 Å². The van der Waals surface area contributed by atoms with Crippen LogP contribution in [0.3, 0.4) is 0 Å². The molecule has 20 heavy (non-hydrogen) atoms. The molecule has 0 spiro atoms. The molecular formula is C16H10ClFN2. The van der Waals surface area contributed by atoms with E-state index in [1.54, 1.807) is 24.5 Å². The van der Waals surface area contributed by atoms with Crippen LogP contribution in [0.4, 0.5) is 4.39 Å². The zero-order chi connectivity index (χ0) is 13.9. The van der Waals surface area contributed by atoms with Crippen molar-refractivity contribution in [2.75, 3.05) is 0 Å². The number of rotatable bonds is 1. The standard InChI is InChI=1S/C16H10ClFN2/c17-15-12(10-20-16-14(15)8-9-19-16)3-1-2-11-4-6-13(18)7-5-11/h4-10H,2H2,(H,19,20). The van der Waals surface area contributed by atoms with E-state index in [4.69, 9.17) is 11.6 Å². The van der Waals surface area contributed by atoms with E-state index in [-0.39, 0.29) is 5.82 Å². The van der Waals surface area contributed by atoms with Crippen LogP contribution in [0.25, 0.3) is 11.0 Å². The highest BCUT2D eigenvalue weighted by Gasteiger charge is 2.05. The molecule has 3 rings (SSSR count). The summed E-state index contributed by atoms with van der Waals surface area (Å²) >= 11 is 6.27.